The number of hydrogen-bond donors (Lipinski definition) is 1. The summed E-state index contributed by atoms with van der Waals surface area (Å²) in [5.74, 6) is 0.932. The summed E-state index contributed by atoms with van der Waals surface area (Å²) >= 11 is 3.53. The Morgan fingerprint density at radius 3 is 2.74 bits per heavy atom. The first-order valence-corrected chi connectivity index (χ1v) is 7.32. The molecule has 2 aromatic rings. The van der Waals surface area contributed by atoms with Crippen molar-refractivity contribution in [2.45, 2.75) is 19.0 Å². The minimum Gasteiger partial charge on any atom is -0.466 e. The van der Waals surface area contributed by atoms with Crippen LogP contribution in [0.4, 0.5) is 0 Å². The lowest BCUT2D eigenvalue weighted by molar-refractivity contribution is 0.162. The smallest absolute Gasteiger partial charge is 0.136 e. The Morgan fingerprint density at radius 2 is 2.05 bits per heavy atom. The summed E-state index contributed by atoms with van der Waals surface area (Å²) in [6.45, 7) is 2.52. The Hall–Kier alpha value is -1.10. The lowest BCUT2D eigenvalue weighted by atomic mass is 9.98. The van der Waals surface area contributed by atoms with Crippen molar-refractivity contribution in [2.75, 3.05) is 13.1 Å². The highest BCUT2D eigenvalue weighted by Gasteiger charge is 2.27. The molecule has 100 valence electrons. The Kier molecular flexibility index (Phi) is 3.73. The second-order valence-electron chi connectivity index (χ2n) is 4.87. The molecule has 0 radical (unpaired) electrons. The molecule has 3 nitrogen and oxygen atoms in total. The lowest BCUT2D eigenvalue weighted by Gasteiger charge is -2.34. The van der Waals surface area contributed by atoms with Gasteiger partial charge in [0.2, 0.25) is 0 Å². The van der Waals surface area contributed by atoms with Gasteiger partial charge in [-0.25, -0.2) is 0 Å². The summed E-state index contributed by atoms with van der Waals surface area (Å²) in [4.78, 5) is 2.39. The van der Waals surface area contributed by atoms with E-state index in [-0.39, 0.29) is 6.04 Å². The van der Waals surface area contributed by atoms with Gasteiger partial charge < -0.3 is 10.2 Å². The van der Waals surface area contributed by atoms with Gasteiger partial charge in [0.1, 0.15) is 5.76 Å². The van der Waals surface area contributed by atoms with Crippen LogP contribution in [0.1, 0.15) is 22.9 Å². The van der Waals surface area contributed by atoms with E-state index in [0.29, 0.717) is 6.54 Å². The van der Waals surface area contributed by atoms with Gasteiger partial charge in [-0.15, -0.1) is 0 Å². The van der Waals surface area contributed by atoms with Crippen molar-refractivity contribution >= 4 is 15.9 Å². The van der Waals surface area contributed by atoms with Gasteiger partial charge in [0.05, 0.1) is 16.8 Å². The molecular weight excluding hydrogens is 304 g/mol. The number of nitrogens with two attached hydrogens (primary N) is 1. The molecule has 1 unspecified atom stereocenters. The van der Waals surface area contributed by atoms with E-state index in [9.17, 15) is 0 Å². The van der Waals surface area contributed by atoms with E-state index in [2.05, 4.69) is 45.1 Å². The third-order valence-corrected chi connectivity index (χ3v) is 4.43. The number of halogens is 1. The Labute approximate surface area is 121 Å². The number of furan rings is 1. The Bertz CT molecular complexity index is 567. The number of hydrogen-bond acceptors (Lipinski definition) is 3. The van der Waals surface area contributed by atoms with Gasteiger partial charge in [-0.2, -0.15) is 0 Å². The Morgan fingerprint density at radius 1 is 1.26 bits per heavy atom. The maximum atomic E-state index is 5.96. The number of rotatable bonds is 3. The molecular formula is C15H17BrN2O. The van der Waals surface area contributed by atoms with Gasteiger partial charge in [0.15, 0.2) is 0 Å². The Balaban J connectivity index is 1.85. The fraction of sp³-hybridized carbons (Fsp3) is 0.333. The fourth-order valence-electron chi connectivity index (χ4n) is 2.75. The normalized spacial score (nSPS) is 17.2. The number of fused-ring (bicyclic) bond motifs is 1. The lowest BCUT2D eigenvalue weighted by Crippen LogP contribution is -2.37. The highest BCUT2D eigenvalue weighted by atomic mass is 79.9. The van der Waals surface area contributed by atoms with Crippen molar-refractivity contribution in [1.82, 2.24) is 4.90 Å². The zero-order chi connectivity index (χ0) is 13.2. The van der Waals surface area contributed by atoms with E-state index < -0.39 is 0 Å². The zero-order valence-corrected chi connectivity index (χ0v) is 12.3. The molecule has 0 saturated heterocycles. The van der Waals surface area contributed by atoms with Gasteiger partial charge in [-0.05, 0) is 39.5 Å². The molecule has 4 heteroatoms. The van der Waals surface area contributed by atoms with Gasteiger partial charge in [0.25, 0.3) is 0 Å². The second kappa shape index (κ2) is 5.49. The molecule has 1 aromatic heterocycles. The largest absolute Gasteiger partial charge is 0.466 e. The fourth-order valence-corrected chi connectivity index (χ4v) is 3.21. The molecule has 0 fully saturated rings. The van der Waals surface area contributed by atoms with Crippen LogP contribution in [0, 0.1) is 0 Å². The highest BCUT2D eigenvalue weighted by molar-refractivity contribution is 9.10. The van der Waals surface area contributed by atoms with Crippen LogP contribution in [0.3, 0.4) is 0 Å². The van der Waals surface area contributed by atoms with E-state index in [4.69, 9.17) is 10.2 Å². The van der Waals surface area contributed by atoms with E-state index in [1.54, 1.807) is 6.26 Å². The monoisotopic (exact) mass is 320 g/mol. The molecule has 19 heavy (non-hydrogen) atoms. The second-order valence-corrected chi connectivity index (χ2v) is 5.73. The third kappa shape index (κ3) is 2.48. The molecule has 0 bridgehead atoms. The van der Waals surface area contributed by atoms with E-state index in [0.717, 1.165) is 29.7 Å². The minimum atomic E-state index is 0.137. The quantitative estimate of drug-likeness (QED) is 0.944. The molecule has 3 rings (SSSR count). The average Bonchev–Trinajstić information content (AvgIpc) is 2.86. The average molecular weight is 321 g/mol. The van der Waals surface area contributed by atoms with Crippen LogP contribution in [-0.2, 0) is 13.0 Å². The summed E-state index contributed by atoms with van der Waals surface area (Å²) in [5, 5.41) is 0. The van der Waals surface area contributed by atoms with Crippen LogP contribution in [0.2, 0.25) is 0 Å². The molecule has 0 spiro atoms. The van der Waals surface area contributed by atoms with Crippen molar-refractivity contribution in [3.05, 3.63) is 58.0 Å². The topological polar surface area (TPSA) is 42.4 Å². The van der Waals surface area contributed by atoms with Crippen LogP contribution in [-0.4, -0.2) is 18.0 Å². The summed E-state index contributed by atoms with van der Waals surface area (Å²) in [7, 11) is 0. The van der Waals surface area contributed by atoms with Crippen molar-refractivity contribution in [2.24, 2.45) is 5.73 Å². The SMILES string of the molecule is NCC(c1occc1Br)N1CCc2ccccc2C1. The molecule has 1 aromatic carbocycles. The van der Waals surface area contributed by atoms with Gasteiger partial charge >= 0.3 is 0 Å². The summed E-state index contributed by atoms with van der Waals surface area (Å²) in [6, 6.07) is 10.7. The first-order chi connectivity index (χ1) is 9.29. The minimum absolute atomic E-state index is 0.137. The summed E-state index contributed by atoms with van der Waals surface area (Å²) in [5.41, 5.74) is 8.81. The number of benzene rings is 1. The van der Waals surface area contributed by atoms with Gasteiger partial charge in [-0.3, -0.25) is 4.90 Å². The predicted octanol–water partition coefficient (Wildman–Crippen LogP) is 3.10. The molecule has 2 heterocycles. The maximum absolute atomic E-state index is 5.96. The first-order valence-electron chi connectivity index (χ1n) is 6.53. The predicted molar refractivity (Wildman–Crippen MR) is 78.8 cm³/mol. The van der Waals surface area contributed by atoms with Crippen molar-refractivity contribution in [3.63, 3.8) is 0 Å². The van der Waals surface area contributed by atoms with Gasteiger partial charge in [0, 0.05) is 19.6 Å². The van der Waals surface area contributed by atoms with Crippen LogP contribution < -0.4 is 5.73 Å². The molecule has 0 saturated carbocycles. The standard InChI is InChI=1S/C15H17BrN2O/c16-13-6-8-19-15(13)14(9-17)18-7-5-11-3-1-2-4-12(11)10-18/h1-4,6,8,14H,5,7,9-10,17H2. The zero-order valence-electron chi connectivity index (χ0n) is 10.7. The van der Waals surface area contributed by atoms with Crippen molar-refractivity contribution in [1.29, 1.82) is 0 Å². The molecule has 2 N–H and O–H groups in total. The molecule has 1 aliphatic heterocycles. The summed E-state index contributed by atoms with van der Waals surface area (Å²) < 4.78 is 6.59. The van der Waals surface area contributed by atoms with E-state index in [1.807, 2.05) is 6.07 Å². The molecule has 0 amide bonds. The first kappa shape index (κ1) is 12.9. The van der Waals surface area contributed by atoms with Crippen LogP contribution in [0.15, 0.2) is 45.5 Å². The van der Waals surface area contributed by atoms with Crippen molar-refractivity contribution < 1.29 is 4.42 Å². The van der Waals surface area contributed by atoms with Gasteiger partial charge in [-0.1, -0.05) is 24.3 Å². The van der Waals surface area contributed by atoms with E-state index >= 15 is 0 Å². The molecule has 1 atom stereocenters. The number of nitrogens with zero attached hydrogens (tertiary/aromatic N) is 1. The third-order valence-electron chi connectivity index (χ3n) is 3.77. The van der Waals surface area contributed by atoms with E-state index in [1.165, 1.54) is 11.1 Å². The van der Waals surface area contributed by atoms with Crippen LogP contribution >= 0.6 is 15.9 Å². The van der Waals surface area contributed by atoms with Crippen molar-refractivity contribution in [3.8, 4) is 0 Å². The molecule has 0 aliphatic carbocycles. The highest BCUT2D eigenvalue weighted by Crippen LogP contribution is 2.31. The molecule has 1 aliphatic rings. The maximum Gasteiger partial charge on any atom is 0.136 e. The summed E-state index contributed by atoms with van der Waals surface area (Å²) in [6.07, 6.45) is 2.78. The van der Waals surface area contributed by atoms with Crippen LogP contribution in [0.25, 0.3) is 0 Å². The van der Waals surface area contributed by atoms with Crippen LogP contribution in [0.5, 0.6) is 0 Å².